The predicted molar refractivity (Wildman–Crippen MR) is 57.2 cm³/mol. The topological polar surface area (TPSA) is 50.4 Å². The van der Waals surface area contributed by atoms with Crippen LogP contribution in [0.2, 0.25) is 0 Å². The smallest absolute Gasteiger partial charge is 0.246 e. The molecule has 14 heavy (non-hydrogen) atoms. The monoisotopic (exact) mass is 202 g/mol. The van der Waals surface area contributed by atoms with Gasteiger partial charge < -0.3 is 15.4 Å². The third-order valence-corrected chi connectivity index (χ3v) is 1.48. The van der Waals surface area contributed by atoms with Crippen LogP contribution in [0.15, 0.2) is 0 Å². The van der Waals surface area contributed by atoms with Crippen molar-refractivity contribution in [2.24, 2.45) is 0 Å². The van der Waals surface area contributed by atoms with Gasteiger partial charge in [0, 0.05) is 18.6 Å². The fourth-order valence-electron chi connectivity index (χ4n) is 0.948. The van der Waals surface area contributed by atoms with E-state index in [-0.39, 0.29) is 18.6 Å². The van der Waals surface area contributed by atoms with E-state index in [1.54, 1.807) is 0 Å². The highest BCUT2D eigenvalue weighted by atomic mass is 16.5. The molecule has 4 heteroatoms. The molecule has 0 aliphatic heterocycles. The van der Waals surface area contributed by atoms with Crippen molar-refractivity contribution in [3.05, 3.63) is 0 Å². The van der Waals surface area contributed by atoms with Gasteiger partial charge in [-0.15, -0.1) is 0 Å². The minimum atomic E-state index is -0.0513. The van der Waals surface area contributed by atoms with Crippen molar-refractivity contribution in [3.8, 4) is 0 Å². The lowest BCUT2D eigenvalue weighted by atomic mass is 10.4. The molecule has 0 bridgehead atoms. The Morgan fingerprint density at radius 1 is 1.21 bits per heavy atom. The minimum Gasteiger partial charge on any atom is -0.370 e. The van der Waals surface area contributed by atoms with Gasteiger partial charge in [-0.1, -0.05) is 13.8 Å². The second-order valence-corrected chi connectivity index (χ2v) is 3.88. The Bertz CT molecular complexity index is 158. The molecule has 0 aliphatic rings. The van der Waals surface area contributed by atoms with Crippen LogP contribution in [-0.4, -0.2) is 37.7 Å². The van der Waals surface area contributed by atoms with E-state index in [4.69, 9.17) is 4.74 Å². The highest BCUT2D eigenvalue weighted by molar-refractivity contribution is 5.77. The maximum absolute atomic E-state index is 11.1. The Hall–Kier alpha value is -0.610. The number of rotatable bonds is 7. The standard InChI is InChI=1S/C10H22N2O2/c1-8(2)11-5-6-14-7-10(13)12-9(3)4/h8-9,11H,5-7H2,1-4H3,(H,12,13). The summed E-state index contributed by atoms with van der Waals surface area (Å²) in [5, 5.41) is 5.96. The van der Waals surface area contributed by atoms with Crippen molar-refractivity contribution < 1.29 is 9.53 Å². The maximum atomic E-state index is 11.1. The first-order valence-corrected chi connectivity index (χ1v) is 5.13. The van der Waals surface area contributed by atoms with Crippen molar-refractivity contribution in [1.29, 1.82) is 0 Å². The number of carbonyl (C=O) groups is 1. The molecule has 0 heterocycles. The molecule has 0 saturated carbocycles. The number of carbonyl (C=O) groups excluding carboxylic acids is 1. The molecule has 1 amide bonds. The van der Waals surface area contributed by atoms with Crippen LogP contribution in [0.25, 0.3) is 0 Å². The number of hydrogen-bond acceptors (Lipinski definition) is 3. The Balaban J connectivity index is 3.23. The first kappa shape index (κ1) is 13.4. The average molecular weight is 202 g/mol. The van der Waals surface area contributed by atoms with Gasteiger partial charge in [0.2, 0.25) is 5.91 Å². The van der Waals surface area contributed by atoms with Crippen molar-refractivity contribution in [2.75, 3.05) is 19.8 Å². The number of ether oxygens (including phenoxy) is 1. The van der Waals surface area contributed by atoms with E-state index in [1.807, 2.05) is 13.8 Å². The maximum Gasteiger partial charge on any atom is 0.246 e. The highest BCUT2D eigenvalue weighted by Crippen LogP contribution is 1.80. The van der Waals surface area contributed by atoms with Gasteiger partial charge in [0.1, 0.15) is 6.61 Å². The fraction of sp³-hybridized carbons (Fsp3) is 0.900. The molecule has 0 saturated heterocycles. The lowest BCUT2D eigenvalue weighted by Crippen LogP contribution is -2.34. The normalized spacial score (nSPS) is 11.0. The van der Waals surface area contributed by atoms with Crippen molar-refractivity contribution in [2.45, 2.75) is 39.8 Å². The van der Waals surface area contributed by atoms with E-state index in [1.165, 1.54) is 0 Å². The molecule has 2 N–H and O–H groups in total. The van der Waals surface area contributed by atoms with E-state index in [9.17, 15) is 4.79 Å². The predicted octanol–water partition coefficient (Wildman–Crippen LogP) is 0.526. The first-order chi connectivity index (χ1) is 6.52. The summed E-state index contributed by atoms with van der Waals surface area (Å²) in [6, 6.07) is 0.642. The van der Waals surface area contributed by atoms with Gasteiger partial charge in [-0.25, -0.2) is 0 Å². The summed E-state index contributed by atoms with van der Waals surface area (Å²) < 4.78 is 5.17. The number of nitrogens with one attached hydrogen (secondary N) is 2. The van der Waals surface area contributed by atoms with Crippen LogP contribution in [0.5, 0.6) is 0 Å². The van der Waals surface area contributed by atoms with Crippen LogP contribution in [-0.2, 0) is 9.53 Å². The van der Waals surface area contributed by atoms with Gasteiger partial charge in [-0.3, -0.25) is 4.79 Å². The molecule has 0 aromatic carbocycles. The molecule has 0 radical (unpaired) electrons. The second kappa shape index (κ2) is 7.76. The van der Waals surface area contributed by atoms with Gasteiger partial charge in [0.25, 0.3) is 0 Å². The molecule has 0 unspecified atom stereocenters. The van der Waals surface area contributed by atoms with Crippen LogP contribution in [0.4, 0.5) is 0 Å². The van der Waals surface area contributed by atoms with Crippen LogP contribution in [0.3, 0.4) is 0 Å². The minimum absolute atomic E-state index is 0.0513. The lowest BCUT2D eigenvalue weighted by molar-refractivity contribution is -0.126. The molecule has 0 spiro atoms. The molecule has 0 aromatic rings. The molecule has 0 aromatic heterocycles. The van der Waals surface area contributed by atoms with E-state index < -0.39 is 0 Å². The quantitative estimate of drug-likeness (QED) is 0.592. The summed E-state index contributed by atoms with van der Waals surface area (Å²) in [7, 11) is 0. The molecule has 0 rings (SSSR count). The molecular weight excluding hydrogens is 180 g/mol. The van der Waals surface area contributed by atoms with Crippen LogP contribution < -0.4 is 10.6 Å². The summed E-state index contributed by atoms with van der Waals surface area (Å²) in [5.41, 5.74) is 0. The summed E-state index contributed by atoms with van der Waals surface area (Å²) in [5.74, 6) is -0.0513. The van der Waals surface area contributed by atoms with E-state index in [0.29, 0.717) is 12.6 Å². The van der Waals surface area contributed by atoms with E-state index in [2.05, 4.69) is 24.5 Å². The summed E-state index contributed by atoms with van der Waals surface area (Å²) in [4.78, 5) is 11.1. The largest absolute Gasteiger partial charge is 0.370 e. The molecule has 0 atom stereocenters. The Morgan fingerprint density at radius 2 is 1.86 bits per heavy atom. The second-order valence-electron chi connectivity index (χ2n) is 3.88. The van der Waals surface area contributed by atoms with Crippen LogP contribution in [0.1, 0.15) is 27.7 Å². The van der Waals surface area contributed by atoms with Crippen molar-refractivity contribution in [3.63, 3.8) is 0 Å². The zero-order chi connectivity index (χ0) is 11.0. The molecule has 0 aliphatic carbocycles. The van der Waals surface area contributed by atoms with Gasteiger partial charge in [0.05, 0.1) is 6.61 Å². The molecule has 4 nitrogen and oxygen atoms in total. The van der Waals surface area contributed by atoms with E-state index >= 15 is 0 Å². The van der Waals surface area contributed by atoms with Crippen molar-refractivity contribution in [1.82, 2.24) is 10.6 Å². The van der Waals surface area contributed by atoms with Crippen LogP contribution >= 0.6 is 0 Å². The van der Waals surface area contributed by atoms with Crippen LogP contribution in [0, 0.1) is 0 Å². The SMILES string of the molecule is CC(C)NCCOCC(=O)NC(C)C. The number of amides is 1. The summed E-state index contributed by atoms with van der Waals surface area (Å²) >= 11 is 0. The van der Waals surface area contributed by atoms with Gasteiger partial charge in [-0.2, -0.15) is 0 Å². The van der Waals surface area contributed by atoms with Gasteiger partial charge in [-0.05, 0) is 13.8 Å². The zero-order valence-corrected chi connectivity index (χ0v) is 9.59. The van der Waals surface area contributed by atoms with Gasteiger partial charge >= 0.3 is 0 Å². The summed E-state index contributed by atoms with van der Waals surface area (Å²) in [6.45, 7) is 9.52. The Labute approximate surface area is 86.4 Å². The fourth-order valence-corrected chi connectivity index (χ4v) is 0.948. The number of hydrogen-bond donors (Lipinski definition) is 2. The first-order valence-electron chi connectivity index (χ1n) is 5.13. The Morgan fingerprint density at radius 3 is 2.36 bits per heavy atom. The third kappa shape index (κ3) is 9.48. The molecule has 84 valence electrons. The zero-order valence-electron chi connectivity index (χ0n) is 9.59. The molecule has 0 fully saturated rings. The van der Waals surface area contributed by atoms with Gasteiger partial charge in [0.15, 0.2) is 0 Å². The van der Waals surface area contributed by atoms with E-state index in [0.717, 1.165) is 6.54 Å². The molecular formula is C10H22N2O2. The Kier molecular flexibility index (Phi) is 7.42. The highest BCUT2D eigenvalue weighted by Gasteiger charge is 2.02. The third-order valence-electron chi connectivity index (χ3n) is 1.48. The summed E-state index contributed by atoms with van der Waals surface area (Å²) in [6.07, 6.45) is 0. The average Bonchev–Trinajstić information content (AvgIpc) is 2.01. The van der Waals surface area contributed by atoms with Crippen molar-refractivity contribution >= 4 is 5.91 Å². The lowest BCUT2D eigenvalue weighted by Gasteiger charge is -2.10.